The van der Waals surface area contributed by atoms with E-state index in [0.717, 1.165) is 0 Å². The van der Waals surface area contributed by atoms with Gasteiger partial charge in [-0.3, -0.25) is 0 Å². The molecule has 0 radical (unpaired) electrons. The largest absolute Gasteiger partial charge is 0.508 e. The van der Waals surface area contributed by atoms with Crippen molar-refractivity contribution in [3.05, 3.63) is 23.8 Å². The zero-order valence-electron chi connectivity index (χ0n) is 11.7. The number of nitrogens with two attached hydrogens (primary N) is 1. The smallest absolute Gasteiger partial charge is 0.189 e. The van der Waals surface area contributed by atoms with Crippen LogP contribution in [0.1, 0.15) is 26.3 Å². The third kappa shape index (κ3) is 6.51. The van der Waals surface area contributed by atoms with Gasteiger partial charge in [0.25, 0.3) is 0 Å². The highest BCUT2D eigenvalue weighted by molar-refractivity contribution is 14.0. The number of phenols is 1. The second-order valence-electron chi connectivity index (χ2n) is 5.07. The summed E-state index contributed by atoms with van der Waals surface area (Å²) in [5.41, 5.74) is 6.29. The van der Waals surface area contributed by atoms with Gasteiger partial charge >= 0.3 is 0 Å². The Morgan fingerprint density at radius 1 is 1.42 bits per heavy atom. The van der Waals surface area contributed by atoms with Gasteiger partial charge in [0.2, 0.25) is 0 Å². The van der Waals surface area contributed by atoms with Crippen LogP contribution in [0.3, 0.4) is 0 Å². The fourth-order valence-electron chi connectivity index (χ4n) is 1.41. The summed E-state index contributed by atoms with van der Waals surface area (Å²) in [4.78, 5) is 4.18. The van der Waals surface area contributed by atoms with E-state index < -0.39 is 0 Å². The average molecular weight is 379 g/mol. The highest BCUT2D eigenvalue weighted by Gasteiger charge is 2.10. The summed E-state index contributed by atoms with van der Waals surface area (Å²) in [5, 5.41) is 12.7. The second-order valence-corrected chi connectivity index (χ2v) is 5.07. The number of hydrogen-bond acceptors (Lipinski definition) is 3. The molecule has 1 aromatic rings. The maximum absolute atomic E-state index is 9.69. The number of benzene rings is 1. The summed E-state index contributed by atoms with van der Waals surface area (Å²) < 4.78 is 5.09. The van der Waals surface area contributed by atoms with E-state index in [0.29, 0.717) is 23.8 Å². The van der Waals surface area contributed by atoms with Crippen molar-refractivity contribution in [1.82, 2.24) is 5.32 Å². The van der Waals surface area contributed by atoms with E-state index in [1.807, 2.05) is 20.8 Å². The van der Waals surface area contributed by atoms with Gasteiger partial charge in [-0.05, 0) is 39.0 Å². The van der Waals surface area contributed by atoms with Crippen molar-refractivity contribution in [3.63, 3.8) is 0 Å². The minimum Gasteiger partial charge on any atom is -0.508 e. The van der Waals surface area contributed by atoms with Crippen molar-refractivity contribution in [1.29, 1.82) is 0 Å². The molecule has 0 spiro atoms. The third-order valence-corrected chi connectivity index (χ3v) is 2.21. The molecule has 19 heavy (non-hydrogen) atoms. The third-order valence-electron chi connectivity index (χ3n) is 2.21. The molecule has 0 atom stereocenters. The van der Waals surface area contributed by atoms with E-state index in [1.165, 1.54) is 0 Å². The topological polar surface area (TPSA) is 79.9 Å². The van der Waals surface area contributed by atoms with Crippen molar-refractivity contribution in [2.75, 3.05) is 7.11 Å². The number of hydrogen-bond donors (Lipinski definition) is 3. The van der Waals surface area contributed by atoms with Crippen molar-refractivity contribution in [2.24, 2.45) is 10.7 Å². The van der Waals surface area contributed by atoms with Gasteiger partial charge in [0.15, 0.2) is 5.96 Å². The monoisotopic (exact) mass is 379 g/mol. The van der Waals surface area contributed by atoms with Gasteiger partial charge < -0.3 is 20.9 Å². The van der Waals surface area contributed by atoms with Crippen LogP contribution in [0.2, 0.25) is 0 Å². The number of guanidine groups is 1. The molecule has 1 aromatic carbocycles. The van der Waals surface area contributed by atoms with E-state index in [9.17, 15) is 5.11 Å². The minimum atomic E-state index is -0.135. The zero-order chi connectivity index (χ0) is 13.8. The lowest BCUT2D eigenvalue weighted by atomic mass is 10.1. The van der Waals surface area contributed by atoms with E-state index in [-0.39, 0.29) is 35.3 Å². The molecule has 0 aromatic heterocycles. The molecule has 0 aliphatic carbocycles. The molecule has 0 amide bonds. The number of methoxy groups -OCH3 is 1. The Morgan fingerprint density at radius 3 is 2.58 bits per heavy atom. The fraction of sp³-hybridized carbons (Fsp3) is 0.462. The van der Waals surface area contributed by atoms with Gasteiger partial charge in [0, 0.05) is 11.1 Å². The Morgan fingerprint density at radius 2 is 2.05 bits per heavy atom. The lowest BCUT2D eigenvalue weighted by Crippen LogP contribution is -2.44. The van der Waals surface area contributed by atoms with Crippen molar-refractivity contribution < 1.29 is 9.84 Å². The Hall–Kier alpha value is -1.18. The standard InChI is InChI=1S/C13H21N3O2.HI/c1-13(2,3)16-12(14)15-8-9-7-10(18-4)5-6-11(9)17;/h5-7,17H,8H2,1-4H3,(H3,14,15,16);1H. The molecule has 0 aliphatic heterocycles. The van der Waals surface area contributed by atoms with Gasteiger partial charge in [-0.15, -0.1) is 24.0 Å². The van der Waals surface area contributed by atoms with E-state index in [4.69, 9.17) is 10.5 Å². The number of aliphatic imine (C=N–C) groups is 1. The minimum absolute atomic E-state index is 0. The summed E-state index contributed by atoms with van der Waals surface area (Å²) in [5.74, 6) is 1.22. The highest BCUT2D eigenvalue weighted by Crippen LogP contribution is 2.23. The lowest BCUT2D eigenvalue weighted by molar-refractivity contribution is 0.411. The molecule has 0 saturated carbocycles. The van der Waals surface area contributed by atoms with Crippen molar-refractivity contribution >= 4 is 29.9 Å². The fourth-order valence-corrected chi connectivity index (χ4v) is 1.41. The van der Waals surface area contributed by atoms with Crippen LogP contribution in [-0.2, 0) is 6.54 Å². The van der Waals surface area contributed by atoms with E-state index in [2.05, 4.69) is 10.3 Å². The summed E-state index contributed by atoms with van der Waals surface area (Å²) in [7, 11) is 1.58. The number of rotatable bonds is 3. The van der Waals surface area contributed by atoms with E-state index in [1.54, 1.807) is 25.3 Å². The number of halogens is 1. The van der Waals surface area contributed by atoms with Crippen LogP contribution in [-0.4, -0.2) is 23.7 Å². The first-order chi connectivity index (χ1) is 8.31. The number of nitrogens with one attached hydrogen (secondary N) is 1. The van der Waals surface area contributed by atoms with Gasteiger partial charge in [-0.2, -0.15) is 0 Å². The predicted octanol–water partition coefficient (Wildman–Crippen LogP) is 2.22. The van der Waals surface area contributed by atoms with Crippen molar-refractivity contribution in [2.45, 2.75) is 32.9 Å². The van der Waals surface area contributed by atoms with Gasteiger partial charge in [0.1, 0.15) is 11.5 Å². The van der Waals surface area contributed by atoms with Gasteiger partial charge in [-0.1, -0.05) is 0 Å². The summed E-state index contributed by atoms with van der Waals surface area (Å²) >= 11 is 0. The molecule has 0 bridgehead atoms. The average Bonchev–Trinajstić information content (AvgIpc) is 2.25. The van der Waals surface area contributed by atoms with Gasteiger partial charge in [-0.25, -0.2) is 4.99 Å². The molecular formula is C13H22IN3O2. The number of aromatic hydroxyl groups is 1. The normalized spacial score (nSPS) is 11.7. The molecule has 6 heteroatoms. The molecule has 1 rings (SSSR count). The molecule has 0 aliphatic rings. The maximum atomic E-state index is 9.69. The van der Waals surface area contributed by atoms with Crippen LogP contribution in [0.15, 0.2) is 23.2 Å². The van der Waals surface area contributed by atoms with Crippen LogP contribution in [0.4, 0.5) is 0 Å². The molecule has 0 unspecified atom stereocenters. The molecular weight excluding hydrogens is 357 g/mol. The summed E-state index contributed by atoms with van der Waals surface area (Å²) in [6, 6.07) is 5.01. The zero-order valence-corrected chi connectivity index (χ0v) is 14.1. The van der Waals surface area contributed by atoms with Gasteiger partial charge in [0.05, 0.1) is 13.7 Å². The molecule has 0 fully saturated rings. The molecule has 108 valence electrons. The first kappa shape index (κ1) is 17.8. The summed E-state index contributed by atoms with van der Waals surface area (Å²) in [6.45, 7) is 6.30. The Bertz CT molecular complexity index is 442. The SMILES string of the molecule is COc1ccc(O)c(CN=C(N)NC(C)(C)C)c1.I. The van der Waals surface area contributed by atoms with Crippen LogP contribution in [0, 0.1) is 0 Å². The number of phenolic OH excluding ortho intramolecular Hbond substituents is 1. The Kier molecular flexibility index (Phi) is 6.96. The quantitative estimate of drug-likeness (QED) is 0.428. The van der Waals surface area contributed by atoms with Crippen LogP contribution in [0.25, 0.3) is 0 Å². The molecule has 0 heterocycles. The first-order valence-corrected chi connectivity index (χ1v) is 5.76. The predicted molar refractivity (Wildman–Crippen MR) is 88.3 cm³/mol. The van der Waals surface area contributed by atoms with Crippen LogP contribution in [0.5, 0.6) is 11.5 Å². The second kappa shape index (κ2) is 7.42. The highest BCUT2D eigenvalue weighted by atomic mass is 127. The Labute approximate surface area is 131 Å². The van der Waals surface area contributed by atoms with Crippen LogP contribution >= 0.6 is 24.0 Å². The number of nitrogens with zero attached hydrogens (tertiary/aromatic N) is 1. The molecule has 4 N–H and O–H groups in total. The lowest BCUT2D eigenvalue weighted by Gasteiger charge is -2.21. The van der Waals surface area contributed by atoms with Crippen LogP contribution < -0.4 is 15.8 Å². The number of ether oxygens (including phenoxy) is 1. The Balaban J connectivity index is 0.00000324. The molecule has 0 saturated heterocycles. The summed E-state index contributed by atoms with van der Waals surface area (Å²) in [6.07, 6.45) is 0. The van der Waals surface area contributed by atoms with E-state index >= 15 is 0 Å². The van der Waals surface area contributed by atoms with Crippen molar-refractivity contribution in [3.8, 4) is 11.5 Å². The maximum Gasteiger partial charge on any atom is 0.189 e. The molecule has 5 nitrogen and oxygen atoms in total. The first-order valence-electron chi connectivity index (χ1n) is 5.76.